The molecule has 1 aromatic heterocycles. The van der Waals surface area contributed by atoms with Crippen molar-refractivity contribution in [3.8, 4) is 0 Å². The third-order valence-corrected chi connectivity index (χ3v) is 4.46. The van der Waals surface area contributed by atoms with E-state index in [-0.39, 0.29) is 10.8 Å². The van der Waals surface area contributed by atoms with E-state index < -0.39 is 22.9 Å². The molecular weight excluding hydrogens is 337 g/mol. The quantitative estimate of drug-likeness (QED) is 0.829. The number of rotatable bonds is 4. The Kier molecular flexibility index (Phi) is 4.91. The van der Waals surface area contributed by atoms with Crippen LogP contribution in [0.3, 0.4) is 0 Å². The smallest absolute Gasteiger partial charge is 0.374 e. The number of carbonyl (C=O) groups excluding carboxylic acids is 1. The van der Waals surface area contributed by atoms with E-state index in [9.17, 15) is 18.0 Å². The lowest BCUT2D eigenvalue weighted by molar-refractivity contribution is -0.137. The van der Waals surface area contributed by atoms with Crippen molar-refractivity contribution in [1.29, 1.82) is 0 Å². The van der Waals surface area contributed by atoms with Gasteiger partial charge in [0.05, 0.1) is 10.8 Å². The number of alkyl halides is 3. The number of nitrogen functional groups attached to an aromatic ring is 1. The Morgan fingerprint density at radius 1 is 1.41 bits per heavy atom. The molecule has 1 heterocycles. The van der Waals surface area contributed by atoms with Crippen molar-refractivity contribution in [2.45, 2.75) is 22.7 Å². The van der Waals surface area contributed by atoms with Gasteiger partial charge in [0.2, 0.25) is 11.0 Å². The molecular formula is C12H11F3N4OS2. The third kappa shape index (κ3) is 4.34. The summed E-state index contributed by atoms with van der Waals surface area (Å²) in [6, 6.07) is 4.46. The normalized spacial score (nSPS) is 12.9. The van der Waals surface area contributed by atoms with Gasteiger partial charge in [0.25, 0.3) is 0 Å². The molecule has 0 aliphatic heterocycles. The summed E-state index contributed by atoms with van der Waals surface area (Å²) in [6.45, 7) is 1.62. The molecule has 1 amide bonds. The molecule has 5 nitrogen and oxygen atoms in total. The van der Waals surface area contributed by atoms with Gasteiger partial charge >= 0.3 is 6.18 Å². The maximum absolute atomic E-state index is 12.6. The maximum atomic E-state index is 12.6. The molecule has 0 aliphatic rings. The summed E-state index contributed by atoms with van der Waals surface area (Å²) in [7, 11) is 0. The molecule has 0 saturated carbocycles. The maximum Gasteiger partial charge on any atom is 0.416 e. The Morgan fingerprint density at radius 3 is 2.73 bits per heavy atom. The SMILES string of the molecule is C[C@@H](Sc1nnc(N)s1)C(=O)Nc1cccc(C(F)(F)F)c1. The molecule has 0 bridgehead atoms. The molecule has 2 aromatic rings. The number of hydrogen-bond donors (Lipinski definition) is 2. The largest absolute Gasteiger partial charge is 0.416 e. The Bertz CT molecular complexity index is 674. The van der Waals surface area contributed by atoms with Gasteiger partial charge in [-0.15, -0.1) is 10.2 Å². The number of aromatic nitrogens is 2. The molecule has 22 heavy (non-hydrogen) atoms. The number of nitrogens with one attached hydrogen (secondary N) is 1. The third-order valence-electron chi connectivity index (χ3n) is 2.53. The highest BCUT2D eigenvalue weighted by Crippen LogP contribution is 2.31. The van der Waals surface area contributed by atoms with Crippen molar-refractivity contribution in [1.82, 2.24) is 10.2 Å². The van der Waals surface area contributed by atoms with Gasteiger partial charge in [-0.1, -0.05) is 29.2 Å². The second-order valence-corrected chi connectivity index (χ2v) is 6.83. The first-order valence-corrected chi connectivity index (χ1v) is 7.69. The van der Waals surface area contributed by atoms with Crippen LogP contribution in [0.2, 0.25) is 0 Å². The summed E-state index contributed by atoms with van der Waals surface area (Å²) in [5.74, 6) is -0.432. The average molecular weight is 348 g/mol. The molecule has 0 saturated heterocycles. The van der Waals surface area contributed by atoms with Crippen molar-refractivity contribution < 1.29 is 18.0 Å². The number of thioether (sulfide) groups is 1. The minimum Gasteiger partial charge on any atom is -0.374 e. The van der Waals surface area contributed by atoms with E-state index in [0.717, 1.165) is 35.2 Å². The molecule has 118 valence electrons. The molecule has 0 radical (unpaired) electrons. The van der Waals surface area contributed by atoms with Crippen molar-refractivity contribution in [2.75, 3.05) is 11.1 Å². The van der Waals surface area contributed by atoms with Crippen LogP contribution in [0.1, 0.15) is 12.5 Å². The van der Waals surface area contributed by atoms with Crippen LogP contribution in [0.5, 0.6) is 0 Å². The first-order chi connectivity index (χ1) is 10.3. The molecule has 10 heteroatoms. The lowest BCUT2D eigenvalue weighted by atomic mass is 10.2. The molecule has 1 aromatic carbocycles. The van der Waals surface area contributed by atoms with Crippen LogP contribution in [-0.4, -0.2) is 21.4 Å². The molecule has 3 N–H and O–H groups in total. The highest BCUT2D eigenvalue weighted by molar-refractivity contribution is 8.02. The number of hydrogen-bond acceptors (Lipinski definition) is 6. The Hall–Kier alpha value is -1.81. The highest BCUT2D eigenvalue weighted by Gasteiger charge is 2.30. The van der Waals surface area contributed by atoms with Gasteiger partial charge in [-0.3, -0.25) is 4.79 Å². The molecule has 0 fully saturated rings. The van der Waals surface area contributed by atoms with E-state index in [2.05, 4.69) is 15.5 Å². The molecule has 0 aliphatic carbocycles. The Balaban J connectivity index is 2.02. The van der Waals surface area contributed by atoms with E-state index in [4.69, 9.17) is 5.73 Å². The van der Waals surface area contributed by atoms with Crippen LogP contribution in [0, 0.1) is 0 Å². The van der Waals surface area contributed by atoms with E-state index in [1.807, 2.05) is 0 Å². The lowest BCUT2D eigenvalue weighted by Crippen LogP contribution is -2.22. The zero-order chi connectivity index (χ0) is 16.3. The van der Waals surface area contributed by atoms with Crippen molar-refractivity contribution in [3.05, 3.63) is 29.8 Å². The lowest BCUT2D eigenvalue weighted by Gasteiger charge is -2.12. The number of carbonyl (C=O) groups is 1. The number of nitrogens with zero attached hydrogens (tertiary/aromatic N) is 2. The van der Waals surface area contributed by atoms with Crippen LogP contribution in [0.25, 0.3) is 0 Å². The summed E-state index contributed by atoms with van der Waals surface area (Å²) < 4.78 is 38.4. The second-order valence-electron chi connectivity index (χ2n) is 4.23. The van der Waals surface area contributed by atoms with Crippen LogP contribution in [0.15, 0.2) is 28.6 Å². The van der Waals surface area contributed by atoms with Crippen LogP contribution >= 0.6 is 23.1 Å². The van der Waals surface area contributed by atoms with E-state index in [0.29, 0.717) is 4.34 Å². The topological polar surface area (TPSA) is 80.9 Å². The van der Waals surface area contributed by atoms with Crippen molar-refractivity contribution in [3.63, 3.8) is 0 Å². The second kappa shape index (κ2) is 6.53. The van der Waals surface area contributed by atoms with Crippen LogP contribution in [-0.2, 0) is 11.0 Å². The standard InChI is InChI=1S/C12H11F3N4OS2/c1-6(21-11-19-18-10(16)22-11)9(20)17-8-4-2-3-7(5-8)12(13,14)15/h2-6H,1H3,(H2,16,18)(H,17,20)/t6-/m1/s1. The first kappa shape index (κ1) is 16.6. The fourth-order valence-electron chi connectivity index (χ4n) is 1.49. The number of amides is 1. The first-order valence-electron chi connectivity index (χ1n) is 5.99. The molecule has 0 spiro atoms. The molecule has 2 rings (SSSR count). The average Bonchev–Trinajstić information content (AvgIpc) is 2.83. The molecule has 0 unspecified atom stereocenters. The predicted octanol–water partition coefficient (Wildman–Crippen LogP) is 3.26. The van der Waals surface area contributed by atoms with E-state index >= 15 is 0 Å². The summed E-state index contributed by atoms with van der Waals surface area (Å²) in [4.78, 5) is 12.0. The van der Waals surface area contributed by atoms with Gasteiger partial charge < -0.3 is 11.1 Å². The summed E-state index contributed by atoms with van der Waals surface area (Å²) in [6.07, 6.45) is -4.45. The monoisotopic (exact) mass is 348 g/mol. The number of halogens is 3. The van der Waals surface area contributed by atoms with Crippen molar-refractivity contribution >= 4 is 39.8 Å². The number of benzene rings is 1. The van der Waals surface area contributed by atoms with Gasteiger partial charge in [0, 0.05) is 5.69 Å². The Morgan fingerprint density at radius 2 is 2.14 bits per heavy atom. The van der Waals surface area contributed by atoms with Crippen LogP contribution in [0.4, 0.5) is 24.0 Å². The van der Waals surface area contributed by atoms with Crippen LogP contribution < -0.4 is 11.1 Å². The zero-order valence-corrected chi connectivity index (χ0v) is 12.9. The van der Waals surface area contributed by atoms with E-state index in [1.54, 1.807) is 6.92 Å². The van der Waals surface area contributed by atoms with E-state index in [1.165, 1.54) is 12.1 Å². The summed E-state index contributed by atoms with van der Waals surface area (Å²) >= 11 is 2.27. The molecule has 1 atom stereocenters. The minimum atomic E-state index is -4.45. The van der Waals surface area contributed by atoms with Gasteiger partial charge in [0.15, 0.2) is 4.34 Å². The Labute approximate surface area is 132 Å². The predicted molar refractivity (Wildman–Crippen MR) is 79.7 cm³/mol. The van der Waals surface area contributed by atoms with Gasteiger partial charge in [-0.25, -0.2) is 0 Å². The van der Waals surface area contributed by atoms with Crippen molar-refractivity contribution in [2.24, 2.45) is 0 Å². The van der Waals surface area contributed by atoms with Gasteiger partial charge in [-0.05, 0) is 25.1 Å². The summed E-state index contributed by atoms with van der Waals surface area (Å²) in [5.41, 5.74) is 4.71. The van der Waals surface area contributed by atoms with Gasteiger partial charge in [0.1, 0.15) is 0 Å². The fraction of sp³-hybridized carbons (Fsp3) is 0.250. The fourth-order valence-corrected chi connectivity index (χ4v) is 3.27. The highest BCUT2D eigenvalue weighted by atomic mass is 32.2. The van der Waals surface area contributed by atoms with Gasteiger partial charge in [-0.2, -0.15) is 13.2 Å². The minimum absolute atomic E-state index is 0.0871. The number of nitrogens with two attached hydrogens (primary N) is 1. The summed E-state index contributed by atoms with van der Waals surface area (Å²) in [5, 5.41) is 9.57. The zero-order valence-electron chi connectivity index (χ0n) is 11.2. The number of anilines is 2.